The van der Waals surface area contributed by atoms with Crippen LogP contribution < -0.4 is 11.5 Å². The van der Waals surface area contributed by atoms with Crippen LogP contribution in [0.2, 0.25) is 0 Å². The lowest BCUT2D eigenvalue weighted by molar-refractivity contribution is 1.27. The van der Waals surface area contributed by atoms with Crippen molar-refractivity contribution in [3.8, 4) is 0 Å². The van der Waals surface area contributed by atoms with Crippen LogP contribution in [0, 0.1) is 0 Å². The molecule has 0 amide bonds. The summed E-state index contributed by atoms with van der Waals surface area (Å²) in [5, 5.41) is 0. The van der Waals surface area contributed by atoms with E-state index in [0.29, 0.717) is 0 Å². The summed E-state index contributed by atoms with van der Waals surface area (Å²) in [4.78, 5) is 8.16. The highest BCUT2D eigenvalue weighted by Gasteiger charge is 2.01. The number of halogens is 1. The Morgan fingerprint density at radius 1 is 1.38 bits per heavy atom. The summed E-state index contributed by atoms with van der Waals surface area (Å²) < 4.78 is 0.751. The molecule has 0 saturated heterocycles. The van der Waals surface area contributed by atoms with E-state index in [0.717, 1.165) is 21.3 Å². The van der Waals surface area contributed by atoms with Gasteiger partial charge in [-0.1, -0.05) is 6.07 Å². The number of rotatable bonds is 3. The van der Waals surface area contributed by atoms with Crippen molar-refractivity contribution in [3.63, 3.8) is 0 Å². The van der Waals surface area contributed by atoms with E-state index in [1.54, 1.807) is 19.5 Å². The molecule has 0 fully saturated rings. The molecule has 5 heteroatoms. The Kier molecular flexibility index (Phi) is 4.72. The van der Waals surface area contributed by atoms with E-state index in [2.05, 4.69) is 25.9 Å². The Hall–Kier alpha value is -1.62. The number of aliphatic imine (C=N–C) groups is 1. The highest BCUT2D eigenvalue weighted by Crippen LogP contribution is 2.19. The molecule has 16 heavy (non-hydrogen) atoms. The van der Waals surface area contributed by atoms with E-state index >= 15 is 0 Å². The highest BCUT2D eigenvalue weighted by atomic mass is 79.9. The lowest BCUT2D eigenvalue weighted by Gasteiger charge is -2.02. The first-order chi connectivity index (χ1) is 7.72. The van der Waals surface area contributed by atoms with Crippen LogP contribution in [0.15, 0.2) is 35.7 Å². The van der Waals surface area contributed by atoms with Crippen molar-refractivity contribution in [3.05, 3.63) is 42.0 Å². The minimum absolute atomic E-state index is 0.751. The third-order valence-corrected chi connectivity index (χ3v) is 2.61. The maximum atomic E-state index is 5.49. The normalized spacial score (nSPS) is 13.4. The first-order valence-corrected chi connectivity index (χ1v) is 5.40. The first kappa shape index (κ1) is 12.4. The number of pyridine rings is 1. The summed E-state index contributed by atoms with van der Waals surface area (Å²) in [6.07, 6.45) is 6.36. The van der Waals surface area contributed by atoms with Crippen molar-refractivity contribution in [2.24, 2.45) is 16.5 Å². The molecule has 4 N–H and O–H groups in total. The summed E-state index contributed by atoms with van der Waals surface area (Å²) in [5.74, 6) is 0. The molecule has 0 bridgehead atoms. The lowest BCUT2D eigenvalue weighted by Crippen LogP contribution is -1.94. The van der Waals surface area contributed by atoms with Gasteiger partial charge in [-0.25, -0.2) is 0 Å². The zero-order valence-corrected chi connectivity index (χ0v) is 10.5. The van der Waals surface area contributed by atoms with Gasteiger partial charge in [-0.05, 0) is 22.0 Å². The minimum Gasteiger partial charge on any atom is -0.404 e. The van der Waals surface area contributed by atoms with E-state index in [9.17, 15) is 0 Å². The Labute approximate surface area is 103 Å². The fourth-order valence-corrected chi connectivity index (χ4v) is 1.38. The smallest absolute Gasteiger partial charge is 0.0786 e. The predicted molar refractivity (Wildman–Crippen MR) is 71.9 cm³/mol. The van der Waals surface area contributed by atoms with Crippen LogP contribution in [0.1, 0.15) is 11.3 Å². The molecule has 4 nitrogen and oxygen atoms in total. The molecule has 0 saturated carbocycles. The standard InChI is InChI=1S/C11H13BrN4/c1-15-6-9(4-13)8-2-3-11(16-7-8)10(12)5-14/h2-7H,13-14H2,1H3. The molecule has 0 aliphatic carbocycles. The van der Waals surface area contributed by atoms with Gasteiger partial charge in [0.1, 0.15) is 0 Å². The van der Waals surface area contributed by atoms with Gasteiger partial charge in [0.25, 0.3) is 0 Å². The molecule has 0 spiro atoms. The van der Waals surface area contributed by atoms with E-state index in [1.165, 1.54) is 12.4 Å². The number of hydrogen-bond donors (Lipinski definition) is 2. The van der Waals surface area contributed by atoms with Gasteiger partial charge in [0.15, 0.2) is 0 Å². The Balaban J connectivity index is 3.03. The Morgan fingerprint density at radius 3 is 2.56 bits per heavy atom. The molecule has 0 aliphatic heterocycles. The van der Waals surface area contributed by atoms with E-state index < -0.39 is 0 Å². The van der Waals surface area contributed by atoms with Crippen molar-refractivity contribution >= 4 is 32.2 Å². The van der Waals surface area contributed by atoms with Gasteiger partial charge in [0.05, 0.1) is 10.2 Å². The Morgan fingerprint density at radius 2 is 2.12 bits per heavy atom. The average molecular weight is 281 g/mol. The van der Waals surface area contributed by atoms with Gasteiger partial charge >= 0.3 is 0 Å². The van der Waals surface area contributed by atoms with E-state index in [1.807, 2.05) is 12.1 Å². The number of nitrogens with zero attached hydrogens (tertiary/aromatic N) is 2. The largest absolute Gasteiger partial charge is 0.404 e. The van der Waals surface area contributed by atoms with Crippen LogP contribution in [0.3, 0.4) is 0 Å². The maximum absolute atomic E-state index is 5.49. The zero-order valence-electron chi connectivity index (χ0n) is 8.89. The van der Waals surface area contributed by atoms with Crippen LogP contribution >= 0.6 is 15.9 Å². The van der Waals surface area contributed by atoms with E-state index in [4.69, 9.17) is 11.5 Å². The third-order valence-electron chi connectivity index (χ3n) is 1.94. The summed E-state index contributed by atoms with van der Waals surface area (Å²) in [7, 11) is 1.69. The van der Waals surface area contributed by atoms with Gasteiger partial charge < -0.3 is 11.5 Å². The monoisotopic (exact) mass is 280 g/mol. The van der Waals surface area contributed by atoms with Gasteiger partial charge in [-0.15, -0.1) is 0 Å². The van der Waals surface area contributed by atoms with Gasteiger partial charge in [0.2, 0.25) is 0 Å². The summed E-state index contributed by atoms with van der Waals surface area (Å²) in [5.41, 5.74) is 13.4. The summed E-state index contributed by atoms with van der Waals surface area (Å²) >= 11 is 3.30. The van der Waals surface area contributed by atoms with Crippen LogP contribution in [0.25, 0.3) is 10.1 Å². The van der Waals surface area contributed by atoms with Crippen molar-refractivity contribution in [2.75, 3.05) is 7.05 Å². The Bertz CT molecular complexity index is 432. The van der Waals surface area contributed by atoms with Crippen molar-refractivity contribution in [2.45, 2.75) is 0 Å². The highest BCUT2D eigenvalue weighted by molar-refractivity contribution is 9.15. The molecule has 1 heterocycles. The van der Waals surface area contributed by atoms with Crippen LogP contribution in [0.4, 0.5) is 0 Å². The topological polar surface area (TPSA) is 77.3 Å². The quantitative estimate of drug-likeness (QED) is 0.828. The molecule has 1 aromatic rings. The number of aromatic nitrogens is 1. The second kappa shape index (κ2) is 6.07. The molecule has 1 aromatic heterocycles. The van der Waals surface area contributed by atoms with E-state index in [-0.39, 0.29) is 0 Å². The lowest BCUT2D eigenvalue weighted by atomic mass is 10.1. The number of hydrogen-bond acceptors (Lipinski definition) is 4. The molecular formula is C11H13BrN4. The van der Waals surface area contributed by atoms with Crippen LogP contribution in [0.5, 0.6) is 0 Å². The molecule has 1 rings (SSSR count). The molecule has 0 radical (unpaired) electrons. The number of allylic oxidation sites excluding steroid dienone is 1. The second-order valence-electron chi connectivity index (χ2n) is 2.96. The average Bonchev–Trinajstić information content (AvgIpc) is 2.35. The first-order valence-electron chi connectivity index (χ1n) is 4.61. The predicted octanol–water partition coefficient (Wildman–Crippen LogP) is 1.73. The maximum Gasteiger partial charge on any atom is 0.0786 e. The molecule has 0 aromatic carbocycles. The fourth-order valence-electron chi connectivity index (χ4n) is 1.14. The molecule has 0 aliphatic rings. The minimum atomic E-state index is 0.751. The summed E-state index contributed by atoms with van der Waals surface area (Å²) in [6.45, 7) is 0. The van der Waals surface area contributed by atoms with Crippen LogP contribution in [-0.4, -0.2) is 18.2 Å². The second-order valence-corrected chi connectivity index (χ2v) is 3.81. The van der Waals surface area contributed by atoms with Crippen LogP contribution in [-0.2, 0) is 0 Å². The molecule has 0 atom stereocenters. The van der Waals surface area contributed by atoms with Gasteiger partial charge in [-0.3, -0.25) is 9.98 Å². The third kappa shape index (κ3) is 2.93. The van der Waals surface area contributed by atoms with Gasteiger partial charge in [-0.2, -0.15) is 0 Å². The van der Waals surface area contributed by atoms with Crippen molar-refractivity contribution in [1.82, 2.24) is 4.98 Å². The zero-order chi connectivity index (χ0) is 12.0. The number of nitrogens with two attached hydrogens (primary N) is 2. The van der Waals surface area contributed by atoms with Crippen molar-refractivity contribution in [1.29, 1.82) is 0 Å². The molecule has 84 valence electrons. The molecular weight excluding hydrogens is 268 g/mol. The summed E-state index contributed by atoms with van der Waals surface area (Å²) in [6, 6.07) is 3.77. The SMILES string of the molecule is CN=CC(=CN)c1ccc(C(Br)=CN)nc1. The molecule has 0 unspecified atom stereocenters. The fraction of sp³-hybridized carbons (Fsp3) is 0.0909. The van der Waals surface area contributed by atoms with Gasteiger partial charge in [0, 0.05) is 43.0 Å². The van der Waals surface area contributed by atoms with Crippen molar-refractivity contribution < 1.29 is 0 Å².